The van der Waals surface area contributed by atoms with Crippen molar-refractivity contribution in [3.8, 4) is 11.5 Å². The highest BCUT2D eigenvalue weighted by Crippen LogP contribution is 2.28. The minimum absolute atomic E-state index is 0.0166. The molecule has 0 saturated carbocycles. The van der Waals surface area contributed by atoms with Gasteiger partial charge in [0.2, 0.25) is 0 Å². The number of amides is 2. The number of methoxy groups -OCH3 is 1. The molecular weight excluding hydrogens is 308 g/mol. The number of carbonyl (C=O) groups excluding carboxylic acids is 2. The van der Waals surface area contributed by atoms with Crippen LogP contribution in [0.15, 0.2) is 42.5 Å². The van der Waals surface area contributed by atoms with E-state index in [4.69, 9.17) is 4.74 Å². The van der Waals surface area contributed by atoms with Crippen LogP contribution in [0.4, 0.5) is 5.69 Å². The molecule has 2 rings (SSSR count). The molecule has 2 aromatic rings. The third kappa shape index (κ3) is 4.04. The van der Waals surface area contributed by atoms with Gasteiger partial charge in [-0.1, -0.05) is 18.2 Å². The zero-order valence-electron chi connectivity index (χ0n) is 13.8. The van der Waals surface area contributed by atoms with Gasteiger partial charge in [0.05, 0.1) is 13.2 Å². The predicted molar refractivity (Wildman–Crippen MR) is 91.0 cm³/mol. The zero-order chi connectivity index (χ0) is 17.7. The van der Waals surface area contributed by atoms with Crippen LogP contribution >= 0.6 is 0 Å². The van der Waals surface area contributed by atoms with Crippen LogP contribution in [0.2, 0.25) is 0 Å². The SMILES string of the molecule is COc1ccc(O)c(C(C)NC(=O)C(=O)Nc2ccccc2C)c1. The van der Waals surface area contributed by atoms with Gasteiger partial charge in [-0.2, -0.15) is 0 Å². The van der Waals surface area contributed by atoms with E-state index in [0.29, 0.717) is 17.0 Å². The van der Waals surface area contributed by atoms with Crippen LogP contribution in [-0.2, 0) is 9.59 Å². The second kappa shape index (κ2) is 7.50. The first-order valence-corrected chi connectivity index (χ1v) is 7.46. The summed E-state index contributed by atoms with van der Waals surface area (Å²) in [5.74, 6) is -0.984. The number of aromatic hydroxyl groups is 1. The van der Waals surface area contributed by atoms with Gasteiger partial charge < -0.3 is 20.5 Å². The number of carbonyl (C=O) groups is 2. The Balaban J connectivity index is 2.06. The summed E-state index contributed by atoms with van der Waals surface area (Å²) in [6, 6.07) is 11.3. The number of nitrogens with one attached hydrogen (secondary N) is 2. The van der Waals surface area contributed by atoms with E-state index >= 15 is 0 Å². The molecule has 3 N–H and O–H groups in total. The molecule has 0 aliphatic heterocycles. The van der Waals surface area contributed by atoms with E-state index in [1.807, 2.05) is 19.1 Å². The van der Waals surface area contributed by atoms with Crippen LogP contribution in [0.5, 0.6) is 11.5 Å². The lowest BCUT2D eigenvalue weighted by atomic mass is 10.1. The van der Waals surface area contributed by atoms with E-state index < -0.39 is 17.9 Å². The third-order valence-corrected chi connectivity index (χ3v) is 3.65. The quantitative estimate of drug-likeness (QED) is 0.753. The Morgan fingerprint density at radius 1 is 1.12 bits per heavy atom. The fourth-order valence-corrected chi connectivity index (χ4v) is 2.24. The first-order valence-electron chi connectivity index (χ1n) is 7.46. The van der Waals surface area contributed by atoms with Crippen LogP contribution < -0.4 is 15.4 Å². The topological polar surface area (TPSA) is 87.7 Å². The van der Waals surface area contributed by atoms with E-state index in [1.54, 1.807) is 31.2 Å². The van der Waals surface area contributed by atoms with Crippen molar-refractivity contribution >= 4 is 17.5 Å². The van der Waals surface area contributed by atoms with Gasteiger partial charge >= 0.3 is 11.8 Å². The molecule has 2 aromatic carbocycles. The number of phenolic OH excluding ortho intramolecular Hbond substituents is 1. The van der Waals surface area contributed by atoms with Crippen molar-refractivity contribution in [2.45, 2.75) is 19.9 Å². The largest absolute Gasteiger partial charge is 0.508 e. The Kier molecular flexibility index (Phi) is 5.42. The highest BCUT2D eigenvalue weighted by Gasteiger charge is 2.19. The monoisotopic (exact) mass is 328 g/mol. The number of rotatable bonds is 4. The fourth-order valence-electron chi connectivity index (χ4n) is 2.24. The van der Waals surface area contributed by atoms with E-state index in [1.165, 1.54) is 13.2 Å². The van der Waals surface area contributed by atoms with Crippen LogP contribution in [0.25, 0.3) is 0 Å². The standard InChI is InChI=1S/C18H20N2O4/c1-11-6-4-5-7-15(11)20-18(23)17(22)19-12(2)14-10-13(24-3)8-9-16(14)21/h4-10,12,21H,1-3H3,(H,19,22)(H,20,23). The molecule has 0 spiro atoms. The van der Waals surface area contributed by atoms with Crippen LogP contribution in [0.1, 0.15) is 24.1 Å². The summed E-state index contributed by atoms with van der Waals surface area (Å²) in [6.45, 7) is 3.51. The van der Waals surface area contributed by atoms with Crippen LogP contribution in [-0.4, -0.2) is 24.0 Å². The molecule has 1 unspecified atom stereocenters. The number of para-hydroxylation sites is 1. The lowest BCUT2D eigenvalue weighted by molar-refractivity contribution is -0.136. The second-order valence-corrected chi connectivity index (χ2v) is 5.39. The van der Waals surface area contributed by atoms with Crippen molar-refractivity contribution in [3.05, 3.63) is 53.6 Å². The number of aryl methyl sites for hydroxylation is 1. The average Bonchev–Trinajstić information content (AvgIpc) is 2.57. The number of hydrogen-bond donors (Lipinski definition) is 3. The summed E-state index contributed by atoms with van der Waals surface area (Å²) < 4.78 is 5.10. The summed E-state index contributed by atoms with van der Waals surface area (Å²) in [6.07, 6.45) is 0. The zero-order valence-corrected chi connectivity index (χ0v) is 13.8. The minimum Gasteiger partial charge on any atom is -0.508 e. The number of anilines is 1. The molecule has 0 fully saturated rings. The van der Waals surface area contributed by atoms with E-state index in [2.05, 4.69) is 10.6 Å². The van der Waals surface area contributed by atoms with Gasteiger partial charge in [0.25, 0.3) is 0 Å². The van der Waals surface area contributed by atoms with Crippen LogP contribution in [0.3, 0.4) is 0 Å². The lowest BCUT2D eigenvalue weighted by Gasteiger charge is -2.16. The fraction of sp³-hybridized carbons (Fsp3) is 0.222. The Hall–Kier alpha value is -3.02. The first-order chi connectivity index (χ1) is 11.4. The number of benzene rings is 2. The van der Waals surface area contributed by atoms with E-state index in [-0.39, 0.29) is 5.75 Å². The molecule has 24 heavy (non-hydrogen) atoms. The van der Waals surface area contributed by atoms with Gasteiger partial charge in [-0.15, -0.1) is 0 Å². The third-order valence-electron chi connectivity index (χ3n) is 3.65. The smallest absolute Gasteiger partial charge is 0.313 e. The maximum absolute atomic E-state index is 12.1. The lowest BCUT2D eigenvalue weighted by Crippen LogP contribution is -2.37. The van der Waals surface area contributed by atoms with Gasteiger partial charge in [-0.05, 0) is 43.7 Å². The van der Waals surface area contributed by atoms with Crippen molar-refractivity contribution < 1.29 is 19.4 Å². The van der Waals surface area contributed by atoms with Crippen molar-refractivity contribution in [2.24, 2.45) is 0 Å². The molecule has 0 aliphatic rings. The van der Waals surface area contributed by atoms with Crippen LogP contribution in [0, 0.1) is 6.92 Å². The molecule has 0 saturated heterocycles. The Labute approximate surface area is 140 Å². The summed E-state index contributed by atoms with van der Waals surface area (Å²) >= 11 is 0. The Morgan fingerprint density at radius 3 is 2.50 bits per heavy atom. The molecule has 0 aliphatic carbocycles. The van der Waals surface area contributed by atoms with Crippen molar-refractivity contribution in [2.75, 3.05) is 12.4 Å². The Morgan fingerprint density at radius 2 is 1.83 bits per heavy atom. The van der Waals surface area contributed by atoms with E-state index in [9.17, 15) is 14.7 Å². The van der Waals surface area contributed by atoms with Gasteiger partial charge in [-0.3, -0.25) is 9.59 Å². The molecule has 126 valence electrons. The predicted octanol–water partition coefficient (Wildman–Crippen LogP) is 2.53. The number of ether oxygens (including phenoxy) is 1. The molecule has 0 radical (unpaired) electrons. The normalized spacial score (nSPS) is 11.5. The number of phenols is 1. The van der Waals surface area contributed by atoms with Crippen molar-refractivity contribution in [1.29, 1.82) is 0 Å². The Bertz CT molecular complexity index is 758. The average molecular weight is 328 g/mol. The molecule has 2 amide bonds. The minimum atomic E-state index is -0.784. The summed E-state index contributed by atoms with van der Waals surface area (Å²) in [7, 11) is 1.51. The number of hydrogen-bond acceptors (Lipinski definition) is 4. The highest BCUT2D eigenvalue weighted by atomic mass is 16.5. The maximum Gasteiger partial charge on any atom is 0.313 e. The molecule has 1 atom stereocenters. The van der Waals surface area contributed by atoms with Crippen molar-refractivity contribution in [3.63, 3.8) is 0 Å². The van der Waals surface area contributed by atoms with Crippen molar-refractivity contribution in [1.82, 2.24) is 5.32 Å². The highest BCUT2D eigenvalue weighted by molar-refractivity contribution is 6.39. The molecule has 0 bridgehead atoms. The van der Waals surface area contributed by atoms with Gasteiger partial charge in [-0.25, -0.2) is 0 Å². The maximum atomic E-state index is 12.1. The first kappa shape index (κ1) is 17.3. The summed E-state index contributed by atoms with van der Waals surface area (Å²) in [4.78, 5) is 24.1. The molecule has 0 aromatic heterocycles. The van der Waals surface area contributed by atoms with Gasteiger partial charge in [0.1, 0.15) is 11.5 Å². The van der Waals surface area contributed by atoms with Gasteiger partial charge in [0, 0.05) is 11.3 Å². The second-order valence-electron chi connectivity index (χ2n) is 5.39. The van der Waals surface area contributed by atoms with E-state index in [0.717, 1.165) is 5.56 Å². The summed E-state index contributed by atoms with van der Waals surface area (Å²) in [5, 5.41) is 15.0. The molecule has 6 heteroatoms. The molecule has 6 nitrogen and oxygen atoms in total. The molecule has 0 heterocycles. The molecular formula is C18H20N2O4. The van der Waals surface area contributed by atoms with Gasteiger partial charge in [0.15, 0.2) is 0 Å². The summed E-state index contributed by atoms with van der Waals surface area (Å²) in [5.41, 5.74) is 1.90.